The average Bonchev–Trinajstić information content (AvgIpc) is 3.25. The maximum Gasteiger partial charge on any atom is 0.221 e. The summed E-state index contributed by atoms with van der Waals surface area (Å²) >= 11 is 0. The number of benzene rings is 2. The van der Waals surface area contributed by atoms with Crippen LogP contribution in [0.3, 0.4) is 0 Å². The van der Waals surface area contributed by atoms with Gasteiger partial charge in [-0.25, -0.2) is 0 Å². The summed E-state index contributed by atoms with van der Waals surface area (Å²) in [4.78, 5) is 15.4. The smallest absolute Gasteiger partial charge is 0.221 e. The van der Waals surface area contributed by atoms with E-state index in [2.05, 4.69) is 46.1 Å². The van der Waals surface area contributed by atoms with Crippen LogP contribution in [0.5, 0.6) is 5.75 Å². The summed E-state index contributed by atoms with van der Waals surface area (Å²) in [6.45, 7) is 6.35. The lowest BCUT2D eigenvalue weighted by Gasteiger charge is -2.18. The largest absolute Gasteiger partial charge is 0.488 e. The first-order chi connectivity index (χ1) is 15.0. The topological polar surface area (TPSA) is 84.0 Å². The van der Waals surface area contributed by atoms with Crippen molar-refractivity contribution >= 4 is 17.6 Å². The highest BCUT2D eigenvalue weighted by Gasteiger charge is 2.18. The molecule has 7 nitrogen and oxygen atoms in total. The first-order valence-electron chi connectivity index (χ1n) is 10.7. The molecule has 1 unspecified atom stereocenters. The Morgan fingerprint density at radius 3 is 2.68 bits per heavy atom. The third-order valence-electron chi connectivity index (χ3n) is 5.05. The van der Waals surface area contributed by atoms with Crippen LogP contribution in [0, 0.1) is 6.92 Å². The number of carbonyl (C=O) groups excluding carboxylic acids is 1. The van der Waals surface area contributed by atoms with Gasteiger partial charge >= 0.3 is 0 Å². The second-order valence-electron chi connectivity index (χ2n) is 7.70. The lowest BCUT2D eigenvalue weighted by Crippen LogP contribution is -2.38. The Morgan fingerprint density at radius 1 is 1.19 bits per heavy atom. The Kier molecular flexibility index (Phi) is 8.29. The first kappa shape index (κ1) is 22.6. The predicted octanol–water partition coefficient (Wildman–Crippen LogP) is 3.03. The molecule has 0 radical (unpaired) electrons. The van der Waals surface area contributed by atoms with Crippen molar-refractivity contribution in [2.75, 3.05) is 32.1 Å². The van der Waals surface area contributed by atoms with E-state index in [9.17, 15) is 4.79 Å². The Labute approximate surface area is 184 Å². The molecule has 31 heavy (non-hydrogen) atoms. The summed E-state index contributed by atoms with van der Waals surface area (Å²) in [5, 5.41) is 9.49. The number of ether oxygens (including phenoxy) is 2. The number of nitrogens with zero attached hydrogens (tertiary/aromatic N) is 1. The van der Waals surface area contributed by atoms with E-state index in [4.69, 9.17) is 9.47 Å². The predicted molar refractivity (Wildman–Crippen MR) is 124 cm³/mol. The number of aliphatic imine (C=N–C) groups is 1. The number of nitrogens with one attached hydrogen (secondary N) is 3. The molecular weight excluding hydrogens is 392 g/mol. The molecule has 1 amide bonds. The molecule has 3 rings (SSSR count). The first-order valence-corrected chi connectivity index (χ1v) is 10.7. The zero-order valence-electron chi connectivity index (χ0n) is 18.5. The molecule has 0 spiro atoms. The number of amides is 1. The summed E-state index contributed by atoms with van der Waals surface area (Å²) < 4.78 is 11.6. The number of rotatable bonds is 8. The van der Waals surface area contributed by atoms with Crippen molar-refractivity contribution in [3.05, 3.63) is 59.2 Å². The fourth-order valence-corrected chi connectivity index (χ4v) is 3.39. The molecule has 0 bridgehead atoms. The zero-order chi connectivity index (χ0) is 22.1. The summed E-state index contributed by atoms with van der Waals surface area (Å²) in [5.41, 5.74) is 4.26. The van der Waals surface area contributed by atoms with Gasteiger partial charge < -0.3 is 25.4 Å². The summed E-state index contributed by atoms with van der Waals surface area (Å²) in [5.74, 6) is 1.58. The van der Waals surface area contributed by atoms with Gasteiger partial charge in [-0.05, 0) is 42.7 Å². The molecule has 1 aliphatic rings. The van der Waals surface area contributed by atoms with Crippen LogP contribution in [0.25, 0.3) is 0 Å². The van der Waals surface area contributed by atoms with E-state index in [1.807, 2.05) is 24.3 Å². The van der Waals surface area contributed by atoms with Crippen molar-refractivity contribution in [1.82, 2.24) is 10.6 Å². The van der Waals surface area contributed by atoms with Crippen molar-refractivity contribution in [2.24, 2.45) is 4.99 Å². The van der Waals surface area contributed by atoms with Crippen molar-refractivity contribution < 1.29 is 14.3 Å². The van der Waals surface area contributed by atoms with E-state index in [1.54, 1.807) is 7.05 Å². The Bertz CT molecular complexity index is 890. The lowest BCUT2D eigenvalue weighted by atomic mass is 10.1. The number of hydrogen-bond donors (Lipinski definition) is 3. The molecule has 0 aliphatic carbocycles. The molecule has 0 saturated carbocycles. The van der Waals surface area contributed by atoms with Crippen LogP contribution in [-0.2, 0) is 22.5 Å². The molecule has 1 aliphatic heterocycles. The molecule has 3 N–H and O–H groups in total. The van der Waals surface area contributed by atoms with Gasteiger partial charge in [-0.3, -0.25) is 9.79 Å². The van der Waals surface area contributed by atoms with E-state index in [0.717, 1.165) is 49.0 Å². The minimum atomic E-state index is -0.0667. The maximum atomic E-state index is 11.1. The number of guanidine groups is 1. The maximum absolute atomic E-state index is 11.1. The molecule has 1 saturated heterocycles. The van der Waals surface area contributed by atoms with Crippen molar-refractivity contribution in [2.45, 2.75) is 39.3 Å². The second-order valence-corrected chi connectivity index (χ2v) is 7.70. The quantitative estimate of drug-likeness (QED) is 0.448. The van der Waals surface area contributed by atoms with Crippen LogP contribution in [0.1, 0.15) is 30.0 Å². The van der Waals surface area contributed by atoms with Crippen LogP contribution in [0.15, 0.2) is 47.5 Å². The molecule has 166 valence electrons. The molecule has 2 aromatic carbocycles. The van der Waals surface area contributed by atoms with Crippen LogP contribution >= 0.6 is 0 Å². The third kappa shape index (κ3) is 7.29. The highest BCUT2D eigenvalue weighted by molar-refractivity contribution is 5.88. The second kappa shape index (κ2) is 11.4. The highest BCUT2D eigenvalue weighted by Crippen LogP contribution is 2.23. The molecule has 7 heteroatoms. The molecule has 2 aromatic rings. The Morgan fingerprint density at radius 2 is 2.00 bits per heavy atom. The monoisotopic (exact) mass is 424 g/mol. The summed E-state index contributed by atoms with van der Waals surface area (Å²) in [6.07, 6.45) is 1.90. The summed E-state index contributed by atoms with van der Waals surface area (Å²) in [6, 6.07) is 14.1. The van der Waals surface area contributed by atoms with Crippen LogP contribution < -0.4 is 20.7 Å². The van der Waals surface area contributed by atoms with Crippen molar-refractivity contribution in [3.8, 4) is 5.75 Å². The molecule has 1 heterocycles. The highest BCUT2D eigenvalue weighted by atomic mass is 16.5. The summed E-state index contributed by atoms with van der Waals surface area (Å²) in [7, 11) is 1.76. The van der Waals surface area contributed by atoms with E-state index in [1.165, 1.54) is 18.1 Å². The number of carbonyl (C=O) groups is 1. The van der Waals surface area contributed by atoms with Crippen LogP contribution in [0.4, 0.5) is 5.69 Å². The van der Waals surface area contributed by atoms with Gasteiger partial charge in [0, 0.05) is 44.7 Å². The number of anilines is 1. The SMILES string of the molecule is CN=C(NCCc1ccc(NC(C)=O)cc1)NCc1ccc(C)cc1OC1CCOC1. The van der Waals surface area contributed by atoms with Gasteiger partial charge in [-0.2, -0.15) is 0 Å². The van der Waals surface area contributed by atoms with Gasteiger partial charge in [-0.15, -0.1) is 0 Å². The molecule has 1 atom stereocenters. The average molecular weight is 425 g/mol. The lowest BCUT2D eigenvalue weighted by molar-refractivity contribution is -0.114. The van der Waals surface area contributed by atoms with Gasteiger partial charge in [0.15, 0.2) is 5.96 Å². The van der Waals surface area contributed by atoms with Gasteiger partial charge in [0.1, 0.15) is 11.9 Å². The van der Waals surface area contributed by atoms with Gasteiger partial charge in [-0.1, -0.05) is 24.3 Å². The van der Waals surface area contributed by atoms with Gasteiger partial charge in [0.2, 0.25) is 5.91 Å². The fourth-order valence-electron chi connectivity index (χ4n) is 3.39. The van der Waals surface area contributed by atoms with Gasteiger partial charge in [0.25, 0.3) is 0 Å². The minimum absolute atomic E-state index is 0.0667. The Hall–Kier alpha value is -3.06. The minimum Gasteiger partial charge on any atom is -0.488 e. The number of aryl methyl sites for hydroxylation is 1. The zero-order valence-corrected chi connectivity index (χ0v) is 18.5. The Balaban J connectivity index is 1.48. The third-order valence-corrected chi connectivity index (χ3v) is 5.05. The van der Waals surface area contributed by atoms with Crippen LogP contribution in [0.2, 0.25) is 0 Å². The van der Waals surface area contributed by atoms with E-state index in [-0.39, 0.29) is 12.0 Å². The van der Waals surface area contributed by atoms with Crippen molar-refractivity contribution in [1.29, 1.82) is 0 Å². The van der Waals surface area contributed by atoms with E-state index >= 15 is 0 Å². The number of hydrogen-bond acceptors (Lipinski definition) is 4. The standard InChI is InChI=1S/C24H32N4O3/c1-17-4-7-20(23(14-17)31-22-11-13-30-16-22)15-27-24(25-3)26-12-10-19-5-8-21(9-6-19)28-18(2)29/h4-9,14,22H,10-13,15-16H2,1-3H3,(H,28,29)(H2,25,26,27). The van der Waals surface area contributed by atoms with Crippen molar-refractivity contribution in [3.63, 3.8) is 0 Å². The fraction of sp³-hybridized carbons (Fsp3) is 0.417. The molecular formula is C24H32N4O3. The molecule has 1 fully saturated rings. The van der Waals surface area contributed by atoms with E-state index < -0.39 is 0 Å². The van der Waals surface area contributed by atoms with Gasteiger partial charge in [0.05, 0.1) is 13.2 Å². The molecule has 0 aromatic heterocycles. The van der Waals surface area contributed by atoms with Crippen LogP contribution in [-0.4, -0.2) is 44.8 Å². The van der Waals surface area contributed by atoms with E-state index in [0.29, 0.717) is 13.2 Å². The normalized spacial score (nSPS) is 16.1.